The van der Waals surface area contributed by atoms with Crippen LogP contribution in [0.3, 0.4) is 0 Å². The first-order valence-electron chi connectivity index (χ1n) is 2.45. The van der Waals surface area contributed by atoms with Crippen molar-refractivity contribution in [1.82, 2.24) is 5.16 Å². The summed E-state index contributed by atoms with van der Waals surface area (Å²) in [5.41, 5.74) is 0.0947. The second kappa shape index (κ2) is 3.03. The number of carbonyl (C=O) groups excluding carboxylic acids is 1. The lowest BCUT2D eigenvalue weighted by molar-refractivity contribution is 0.107. The Bertz CT molecular complexity index is 246. The van der Waals surface area contributed by atoms with Crippen molar-refractivity contribution >= 4 is 28.4 Å². The highest BCUT2D eigenvalue weighted by molar-refractivity contribution is 6.67. The van der Waals surface area contributed by atoms with E-state index in [1.54, 1.807) is 0 Å². The quantitative estimate of drug-likeness (QED) is 0.514. The lowest BCUT2D eigenvalue weighted by Gasteiger charge is -1.75. The van der Waals surface area contributed by atoms with Gasteiger partial charge in [-0.3, -0.25) is 4.79 Å². The van der Waals surface area contributed by atoms with Gasteiger partial charge >= 0.3 is 0 Å². The van der Waals surface area contributed by atoms with Crippen molar-refractivity contribution < 1.29 is 9.32 Å². The Hall–Kier alpha value is -0.540. The predicted molar refractivity (Wildman–Crippen MR) is 36.2 cm³/mol. The predicted octanol–water partition coefficient (Wildman–Crippen LogP) is 1.79. The maximum atomic E-state index is 10.4. The maximum absolute atomic E-state index is 10.4. The summed E-state index contributed by atoms with van der Waals surface area (Å²) in [6.45, 7) is 0. The fourth-order valence-corrected chi connectivity index (χ4v) is 0.684. The van der Waals surface area contributed by atoms with Crippen molar-refractivity contribution in [2.45, 2.75) is 5.88 Å². The molecule has 0 saturated carbocycles. The van der Waals surface area contributed by atoms with Gasteiger partial charge in [0, 0.05) is 6.07 Å². The molecule has 0 aliphatic carbocycles. The minimum Gasteiger partial charge on any atom is -0.359 e. The molecule has 0 fully saturated rings. The summed E-state index contributed by atoms with van der Waals surface area (Å²) in [7, 11) is 0. The molecule has 0 unspecified atom stereocenters. The molecule has 54 valence electrons. The molecule has 1 aromatic heterocycles. The van der Waals surface area contributed by atoms with E-state index in [0.717, 1.165) is 0 Å². The van der Waals surface area contributed by atoms with Gasteiger partial charge < -0.3 is 4.52 Å². The van der Waals surface area contributed by atoms with E-state index < -0.39 is 5.24 Å². The fourth-order valence-electron chi connectivity index (χ4n) is 0.469. The highest BCUT2D eigenvalue weighted by Gasteiger charge is 2.07. The number of alkyl halides is 1. The van der Waals surface area contributed by atoms with E-state index in [9.17, 15) is 4.79 Å². The third-order valence-corrected chi connectivity index (χ3v) is 1.35. The van der Waals surface area contributed by atoms with Gasteiger partial charge in [0.1, 0.15) is 0 Å². The zero-order chi connectivity index (χ0) is 7.56. The summed E-state index contributed by atoms with van der Waals surface area (Å²) in [6.07, 6.45) is 0. The molecule has 0 aliphatic rings. The largest absolute Gasteiger partial charge is 0.359 e. The molecule has 0 saturated heterocycles. The molecule has 0 N–H and O–H groups in total. The van der Waals surface area contributed by atoms with Gasteiger partial charge in [0.05, 0.1) is 5.88 Å². The normalized spacial score (nSPS) is 9.80. The number of hydrogen-bond donors (Lipinski definition) is 0. The molecule has 10 heavy (non-hydrogen) atoms. The van der Waals surface area contributed by atoms with Gasteiger partial charge in [-0.2, -0.15) is 0 Å². The molecular formula is C5H3Cl2NO2. The van der Waals surface area contributed by atoms with E-state index in [1.807, 2.05) is 0 Å². The molecule has 1 heterocycles. The summed E-state index contributed by atoms with van der Waals surface area (Å²) >= 11 is 10.4. The summed E-state index contributed by atoms with van der Waals surface area (Å²) in [4.78, 5) is 10.4. The molecule has 0 aromatic carbocycles. The average molecular weight is 180 g/mol. The van der Waals surface area contributed by atoms with Crippen molar-refractivity contribution in [3.8, 4) is 0 Å². The lowest BCUT2D eigenvalue weighted by Crippen LogP contribution is -1.85. The summed E-state index contributed by atoms with van der Waals surface area (Å²) in [5.74, 6) is 0.627. The zero-order valence-corrected chi connectivity index (χ0v) is 6.32. The smallest absolute Gasteiger partial charge is 0.274 e. The van der Waals surface area contributed by atoms with E-state index in [4.69, 9.17) is 23.2 Å². The molecule has 5 heteroatoms. The fraction of sp³-hybridized carbons (Fsp3) is 0.200. The Kier molecular flexibility index (Phi) is 2.29. The van der Waals surface area contributed by atoms with Crippen molar-refractivity contribution in [2.75, 3.05) is 0 Å². The number of carbonyl (C=O) groups is 1. The second-order valence-electron chi connectivity index (χ2n) is 1.59. The van der Waals surface area contributed by atoms with Crippen molar-refractivity contribution in [3.05, 3.63) is 17.5 Å². The minimum absolute atomic E-state index is 0.0947. The van der Waals surface area contributed by atoms with E-state index in [2.05, 4.69) is 9.68 Å². The van der Waals surface area contributed by atoms with Crippen LogP contribution in [-0.4, -0.2) is 10.4 Å². The average Bonchev–Trinajstić information content (AvgIpc) is 2.34. The number of aromatic nitrogens is 1. The Morgan fingerprint density at radius 2 is 2.50 bits per heavy atom. The van der Waals surface area contributed by atoms with Crippen molar-refractivity contribution in [3.63, 3.8) is 0 Å². The molecule has 0 radical (unpaired) electrons. The Morgan fingerprint density at radius 3 is 2.80 bits per heavy atom. The van der Waals surface area contributed by atoms with Crippen molar-refractivity contribution in [2.24, 2.45) is 0 Å². The van der Waals surface area contributed by atoms with Gasteiger partial charge in [0.25, 0.3) is 5.24 Å². The zero-order valence-electron chi connectivity index (χ0n) is 4.80. The molecule has 0 amide bonds. The van der Waals surface area contributed by atoms with Crippen LogP contribution in [0.2, 0.25) is 0 Å². The highest BCUT2D eigenvalue weighted by Crippen LogP contribution is 2.07. The summed E-state index contributed by atoms with van der Waals surface area (Å²) in [5, 5.41) is 2.71. The minimum atomic E-state index is -0.639. The SMILES string of the molecule is O=C(Cl)c1cc(CCl)on1. The second-order valence-corrected chi connectivity index (χ2v) is 2.20. The van der Waals surface area contributed by atoms with Gasteiger partial charge in [0.2, 0.25) is 0 Å². The molecule has 0 atom stereocenters. The highest BCUT2D eigenvalue weighted by atomic mass is 35.5. The molecule has 3 nitrogen and oxygen atoms in total. The first-order chi connectivity index (χ1) is 4.74. The van der Waals surface area contributed by atoms with Crippen LogP contribution in [0.1, 0.15) is 16.2 Å². The number of hydrogen-bond acceptors (Lipinski definition) is 3. The van der Waals surface area contributed by atoms with Crippen LogP contribution in [0.5, 0.6) is 0 Å². The van der Waals surface area contributed by atoms with E-state index in [1.165, 1.54) is 6.07 Å². The summed E-state index contributed by atoms with van der Waals surface area (Å²) in [6, 6.07) is 1.41. The molecular weight excluding hydrogens is 177 g/mol. The topological polar surface area (TPSA) is 43.1 Å². The first-order valence-corrected chi connectivity index (χ1v) is 3.36. The lowest BCUT2D eigenvalue weighted by atomic mass is 10.4. The Morgan fingerprint density at radius 1 is 1.80 bits per heavy atom. The van der Waals surface area contributed by atoms with Gasteiger partial charge in [-0.05, 0) is 11.6 Å². The van der Waals surface area contributed by atoms with Crippen molar-refractivity contribution in [1.29, 1.82) is 0 Å². The van der Waals surface area contributed by atoms with Gasteiger partial charge in [-0.1, -0.05) is 5.16 Å². The third-order valence-electron chi connectivity index (χ3n) is 0.892. The third kappa shape index (κ3) is 1.49. The van der Waals surface area contributed by atoms with Gasteiger partial charge in [-0.15, -0.1) is 11.6 Å². The Balaban J connectivity index is 2.88. The molecule has 1 rings (SSSR count). The van der Waals surface area contributed by atoms with E-state index in [0.29, 0.717) is 5.76 Å². The van der Waals surface area contributed by atoms with Crippen LogP contribution < -0.4 is 0 Å². The van der Waals surface area contributed by atoms with Gasteiger partial charge in [0.15, 0.2) is 11.5 Å². The van der Waals surface area contributed by atoms with Crippen LogP contribution >= 0.6 is 23.2 Å². The van der Waals surface area contributed by atoms with Crippen LogP contribution in [0.15, 0.2) is 10.6 Å². The van der Waals surface area contributed by atoms with Crippen LogP contribution in [0.25, 0.3) is 0 Å². The number of nitrogens with zero attached hydrogens (tertiary/aromatic N) is 1. The number of rotatable bonds is 2. The molecule has 0 aliphatic heterocycles. The van der Waals surface area contributed by atoms with Crippen LogP contribution in [0.4, 0.5) is 0 Å². The first kappa shape index (κ1) is 7.57. The van der Waals surface area contributed by atoms with Gasteiger partial charge in [-0.25, -0.2) is 0 Å². The Labute approximate surface area is 66.9 Å². The monoisotopic (exact) mass is 179 g/mol. The molecule has 0 bridgehead atoms. The standard InChI is InChI=1S/C5H3Cl2NO2/c6-2-3-1-4(5(7)9)8-10-3/h1H,2H2. The number of halogens is 2. The van der Waals surface area contributed by atoms with E-state index >= 15 is 0 Å². The van der Waals surface area contributed by atoms with Crippen LogP contribution in [0, 0.1) is 0 Å². The molecule has 0 spiro atoms. The van der Waals surface area contributed by atoms with E-state index in [-0.39, 0.29) is 11.6 Å². The maximum Gasteiger partial charge on any atom is 0.274 e. The summed E-state index contributed by atoms with van der Waals surface area (Å²) < 4.78 is 4.59. The molecule has 1 aromatic rings. The van der Waals surface area contributed by atoms with Crippen LogP contribution in [-0.2, 0) is 5.88 Å².